The highest BCUT2D eigenvalue weighted by atomic mass is 35.5. The number of halogens is 1. The van der Waals surface area contributed by atoms with Crippen LogP contribution in [0.2, 0.25) is 0 Å². The highest BCUT2D eigenvalue weighted by Crippen LogP contribution is 2.31. The number of fused-ring (bicyclic) bond motifs is 1. The Kier molecular flexibility index (Phi) is 3.53. The minimum absolute atomic E-state index is 0.425. The average Bonchev–Trinajstić information content (AvgIpc) is 2.37. The first-order valence-corrected chi connectivity index (χ1v) is 7.08. The standard InChI is InChI=1S/C16H18ClN/c17-15-8-12(9-15)10-18-11-14-6-3-5-13-4-1-2-7-16(13)14/h1-7,12,15,18H,8-11H2. The van der Waals surface area contributed by atoms with Gasteiger partial charge in [-0.2, -0.15) is 0 Å². The first-order valence-electron chi connectivity index (χ1n) is 6.64. The third kappa shape index (κ3) is 2.52. The first kappa shape index (κ1) is 12.0. The van der Waals surface area contributed by atoms with E-state index in [9.17, 15) is 0 Å². The van der Waals surface area contributed by atoms with Crippen LogP contribution in [0.1, 0.15) is 18.4 Å². The lowest BCUT2D eigenvalue weighted by molar-refractivity contribution is 0.308. The zero-order chi connectivity index (χ0) is 12.4. The molecular formula is C16H18ClN. The number of alkyl halides is 1. The molecule has 1 N–H and O–H groups in total. The molecule has 1 saturated carbocycles. The summed E-state index contributed by atoms with van der Waals surface area (Å²) in [6, 6.07) is 15.1. The van der Waals surface area contributed by atoms with Crippen LogP contribution in [0, 0.1) is 5.92 Å². The lowest BCUT2D eigenvalue weighted by atomic mass is 9.85. The van der Waals surface area contributed by atoms with Gasteiger partial charge in [-0.15, -0.1) is 11.6 Å². The molecule has 0 radical (unpaired) electrons. The summed E-state index contributed by atoms with van der Waals surface area (Å²) < 4.78 is 0. The molecule has 0 bridgehead atoms. The predicted molar refractivity (Wildman–Crippen MR) is 78.0 cm³/mol. The molecule has 2 aromatic carbocycles. The second-order valence-corrected chi connectivity index (χ2v) is 5.82. The molecule has 0 saturated heterocycles. The summed E-state index contributed by atoms with van der Waals surface area (Å²) in [5.41, 5.74) is 1.38. The van der Waals surface area contributed by atoms with Gasteiger partial charge in [-0.25, -0.2) is 0 Å². The van der Waals surface area contributed by atoms with Crippen LogP contribution < -0.4 is 5.32 Å². The van der Waals surface area contributed by atoms with Crippen molar-refractivity contribution in [2.24, 2.45) is 5.92 Å². The molecule has 94 valence electrons. The quantitative estimate of drug-likeness (QED) is 0.820. The number of benzene rings is 2. The van der Waals surface area contributed by atoms with Gasteiger partial charge in [0.25, 0.3) is 0 Å². The van der Waals surface area contributed by atoms with Gasteiger partial charge in [-0.1, -0.05) is 42.5 Å². The summed E-state index contributed by atoms with van der Waals surface area (Å²) in [4.78, 5) is 0. The molecule has 0 amide bonds. The van der Waals surface area contributed by atoms with E-state index in [2.05, 4.69) is 47.8 Å². The van der Waals surface area contributed by atoms with E-state index in [0.29, 0.717) is 5.38 Å². The lowest BCUT2D eigenvalue weighted by Crippen LogP contribution is -2.33. The Morgan fingerprint density at radius 2 is 1.83 bits per heavy atom. The van der Waals surface area contributed by atoms with Crippen LogP contribution in [0.15, 0.2) is 42.5 Å². The van der Waals surface area contributed by atoms with Crippen LogP contribution in [-0.4, -0.2) is 11.9 Å². The fraction of sp³-hybridized carbons (Fsp3) is 0.375. The van der Waals surface area contributed by atoms with Crippen LogP contribution in [0.4, 0.5) is 0 Å². The van der Waals surface area contributed by atoms with E-state index in [1.165, 1.54) is 29.2 Å². The van der Waals surface area contributed by atoms with Gasteiger partial charge in [-0.3, -0.25) is 0 Å². The van der Waals surface area contributed by atoms with Crippen LogP contribution in [-0.2, 0) is 6.54 Å². The van der Waals surface area contributed by atoms with Gasteiger partial charge in [0.2, 0.25) is 0 Å². The van der Waals surface area contributed by atoms with Gasteiger partial charge < -0.3 is 5.32 Å². The molecule has 0 spiro atoms. The average molecular weight is 260 g/mol. The topological polar surface area (TPSA) is 12.0 Å². The van der Waals surface area contributed by atoms with Crippen molar-refractivity contribution < 1.29 is 0 Å². The summed E-state index contributed by atoms with van der Waals surface area (Å²) in [5.74, 6) is 0.780. The van der Waals surface area contributed by atoms with E-state index >= 15 is 0 Å². The minimum Gasteiger partial charge on any atom is -0.312 e. The van der Waals surface area contributed by atoms with Gasteiger partial charge in [-0.05, 0) is 41.6 Å². The van der Waals surface area contributed by atoms with E-state index in [-0.39, 0.29) is 0 Å². The number of rotatable bonds is 4. The van der Waals surface area contributed by atoms with Gasteiger partial charge in [0.05, 0.1) is 0 Å². The Balaban J connectivity index is 1.64. The summed E-state index contributed by atoms with van der Waals surface area (Å²) in [5, 5.41) is 6.66. The molecule has 1 fully saturated rings. The number of hydrogen-bond acceptors (Lipinski definition) is 1. The monoisotopic (exact) mass is 259 g/mol. The second kappa shape index (κ2) is 5.29. The Labute approximate surface area is 113 Å². The van der Waals surface area contributed by atoms with Crippen molar-refractivity contribution >= 4 is 22.4 Å². The van der Waals surface area contributed by atoms with Crippen molar-refractivity contribution in [1.82, 2.24) is 5.32 Å². The Morgan fingerprint density at radius 1 is 1.06 bits per heavy atom. The Bertz CT molecular complexity index is 526. The maximum atomic E-state index is 5.99. The Hall–Kier alpha value is -1.05. The van der Waals surface area contributed by atoms with Crippen molar-refractivity contribution in [1.29, 1.82) is 0 Å². The van der Waals surface area contributed by atoms with Gasteiger partial charge in [0, 0.05) is 11.9 Å². The zero-order valence-corrected chi connectivity index (χ0v) is 11.2. The maximum absolute atomic E-state index is 5.99. The molecule has 1 aliphatic carbocycles. The molecular weight excluding hydrogens is 242 g/mol. The molecule has 1 aliphatic rings. The highest BCUT2D eigenvalue weighted by molar-refractivity contribution is 6.21. The van der Waals surface area contributed by atoms with Crippen molar-refractivity contribution in [2.45, 2.75) is 24.8 Å². The van der Waals surface area contributed by atoms with Crippen molar-refractivity contribution in [3.05, 3.63) is 48.0 Å². The van der Waals surface area contributed by atoms with Crippen LogP contribution in [0.5, 0.6) is 0 Å². The van der Waals surface area contributed by atoms with Crippen LogP contribution >= 0.6 is 11.6 Å². The van der Waals surface area contributed by atoms with Gasteiger partial charge >= 0.3 is 0 Å². The Morgan fingerprint density at radius 3 is 2.67 bits per heavy atom. The van der Waals surface area contributed by atoms with Crippen molar-refractivity contribution in [3.8, 4) is 0 Å². The molecule has 0 unspecified atom stereocenters. The van der Waals surface area contributed by atoms with Crippen LogP contribution in [0.25, 0.3) is 10.8 Å². The molecule has 0 aromatic heterocycles. The summed E-state index contributed by atoms with van der Waals surface area (Å²) >= 11 is 5.99. The smallest absolute Gasteiger partial charge is 0.0342 e. The van der Waals surface area contributed by atoms with Gasteiger partial charge in [0.15, 0.2) is 0 Å². The highest BCUT2D eigenvalue weighted by Gasteiger charge is 2.26. The molecule has 18 heavy (non-hydrogen) atoms. The first-order chi connectivity index (χ1) is 8.83. The fourth-order valence-corrected chi connectivity index (χ4v) is 3.18. The fourth-order valence-electron chi connectivity index (χ4n) is 2.68. The predicted octanol–water partition coefficient (Wildman–Crippen LogP) is 3.95. The second-order valence-electron chi connectivity index (χ2n) is 5.20. The molecule has 3 rings (SSSR count). The summed E-state index contributed by atoms with van der Waals surface area (Å²) in [6.45, 7) is 2.04. The number of nitrogens with one attached hydrogen (secondary N) is 1. The van der Waals surface area contributed by atoms with E-state index < -0.39 is 0 Å². The third-order valence-corrected chi connectivity index (χ3v) is 4.16. The number of hydrogen-bond donors (Lipinski definition) is 1. The van der Waals surface area contributed by atoms with Crippen molar-refractivity contribution in [2.75, 3.05) is 6.54 Å². The molecule has 1 nitrogen and oxygen atoms in total. The van der Waals surface area contributed by atoms with E-state index in [0.717, 1.165) is 19.0 Å². The van der Waals surface area contributed by atoms with Crippen LogP contribution in [0.3, 0.4) is 0 Å². The molecule has 2 heteroatoms. The molecule has 2 aromatic rings. The SMILES string of the molecule is ClC1CC(CNCc2cccc3ccccc23)C1. The zero-order valence-electron chi connectivity index (χ0n) is 10.4. The minimum atomic E-state index is 0.425. The molecule has 0 atom stereocenters. The molecule has 0 heterocycles. The van der Waals surface area contributed by atoms with E-state index in [4.69, 9.17) is 11.6 Å². The van der Waals surface area contributed by atoms with Gasteiger partial charge in [0.1, 0.15) is 0 Å². The normalized spacial score (nSPS) is 22.9. The third-order valence-electron chi connectivity index (χ3n) is 3.81. The lowest BCUT2D eigenvalue weighted by Gasteiger charge is -2.31. The van der Waals surface area contributed by atoms with E-state index in [1.54, 1.807) is 0 Å². The van der Waals surface area contributed by atoms with Crippen molar-refractivity contribution in [3.63, 3.8) is 0 Å². The largest absolute Gasteiger partial charge is 0.312 e. The summed E-state index contributed by atoms with van der Waals surface area (Å²) in [6.07, 6.45) is 2.34. The maximum Gasteiger partial charge on any atom is 0.0342 e. The summed E-state index contributed by atoms with van der Waals surface area (Å²) in [7, 11) is 0. The molecule has 0 aliphatic heterocycles. The van der Waals surface area contributed by atoms with E-state index in [1.807, 2.05) is 0 Å².